The van der Waals surface area contributed by atoms with Gasteiger partial charge in [-0.2, -0.15) is 5.01 Å². The molecule has 0 aliphatic carbocycles. The third-order valence-corrected chi connectivity index (χ3v) is 4.22. The minimum absolute atomic E-state index is 0.0882. The van der Waals surface area contributed by atoms with Crippen LogP contribution in [0.1, 0.15) is 33.6 Å². The van der Waals surface area contributed by atoms with Gasteiger partial charge in [0.1, 0.15) is 0 Å². The van der Waals surface area contributed by atoms with Crippen LogP contribution in [-0.4, -0.2) is 22.8 Å². The molecule has 7 nitrogen and oxygen atoms in total. The Hall–Kier alpha value is -4.13. The molecule has 3 rings (SSSR count). The van der Waals surface area contributed by atoms with Crippen molar-refractivity contribution in [2.45, 2.75) is 12.8 Å². The standard InChI is InChI=1S/C23H19N3O4/c27-21(15-16-22(28)29)17-11-13-20(14-12-17)26(23(30)18-7-3-1-4-8-18)25-24-19-9-5-2-6-10-19/h1-14H,15-16H2,(H,28,29). The summed E-state index contributed by atoms with van der Waals surface area (Å²) in [5.41, 5.74) is 1.82. The van der Waals surface area contributed by atoms with Gasteiger partial charge >= 0.3 is 5.97 Å². The van der Waals surface area contributed by atoms with E-state index in [1.807, 2.05) is 24.3 Å². The summed E-state index contributed by atoms with van der Waals surface area (Å²) in [6.45, 7) is 0. The molecule has 1 N–H and O–H groups in total. The molecule has 3 aromatic carbocycles. The zero-order chi connectivity index (χ0) is 21.3. The molecule has 0 atom stereocenters. The van der Waals surface area contributed by atoms with Crippen molar-refractivity contribution < 1.29 is 19.5 Å². The number of aliphatic carboxylic acids is 1. The number of hydrogen-bond acceptors (Lipinski definition) is 5. The van der Waals surface area contributed by atoms with Gasteiger partial charge in [-0.3, -0.25) is 14.4 Å². The molecule has 150 valence electrons. The number of carboxylic acids is 1. The fraction of sp³-hybridized carbons (Fsp3) is 0.0870. The summed E-state index contributed by atoms with van der Waals surface area (Å²) in [6, 6.07) is 23.9. The molecule has 0 aromatic heterocycles. The third kappa shape index (κ3) is 5.45. The highest BCUT2D eigenvalue weighted by Gasteiger charge is 2.18. The number of nitrogens with zero attached hydrogens (tertiary/aromatic N) is 3. The van der Waals surface area contributed by atoms with E-state index < -0.39 is 5.97 Å². The smallest absolute Gasteiger partial charge is 0.303 e. The quantitative estimate of drug-likeness (QED) is 0.323. The molecule has 0 fully saturated rings. The lowest BCUT2D eigenvalue weighted by molar-refractivity contribution is -0.136. The predicted molar refractivity (Wildman–Crippen MR) is 112 cm³/mol. The normalized spacial score (nSPS) is 10.7. The maximum Gasteiger partial charge on any atom is 0.303 e. The fourth-order valence-corrected chi connectivity index (χ4v) is 2.66. The second kappa shape index (κ2) is 9.88. The minimum atomic E-state index is -1.03. The maximum absolute atomic E-state index is 13.0. The highest BCUT2D eigenvalue weighted by atomic mass is 16.4. The molecule has 7 heteroatoms. The van der Waals surface area contributed by atoms with Gasteiger partial charge in [0.15, 0.2) is 5.78 Å². The average Bonchev–Trinajstić information content (AvgIpc) is 2.79. The minimum Gasteiger partial charge on any atom is -0.481 e. The number of benzene rings is 3. The number of hydrogen-bond donors (Lipinski definition) is 1. The van der Waals surface area contributed by atoms with Crippen LogP contribution in [0.25, 0.3) is 0 Å². The SMILES string of the molecule is O=C(O)CCC(=O)c1ccc(N(N=Nc2ccccc2)C(=O)c2ccccc2)cc1. The first-order chi connectivity index (χ1) is 14.5. The largest absolute Gasteiger partial charge is 0.481 e. The molecule has 3 aromatic rings. The highest BCUT2D eigenvalue weighted by molar-refractivity contribution is 6.06. The van der Waals surface area contributed by atoms with E-state index in [-0.39, 0.29) is 24.5 Å². The Morgan fingerprint density at radius 1 is 0.733 bits per heavy atom. The second-order valence-corrected chi connectivity index (χ2v) is 6.37. The van der Waals surface area contributed by atoms with Gasteiger partial charge in [0.2, 0.25) is 0 Å². The van der Waals surface area contributed by atoms with Crippen molar-refractivity contribution in [3.8, 4) is 0 Å². The molecule has 0 bridgehead atoms. The topological polar surface area (TPSA) is 99.4 Å². The first kappa shape index (κ1) is 20.6. The fourth-order valence-electron chi connectivity index (χ4n) is 2.66. The van der Waals surface area contributed by atoms with E-state index in [9.17, 15) is 14.4 Å². The van der Waals surface area contributed by atoms with E-state index in [4.69, 9.17) is 5.11 Å². The first-order valence-corrected chi connectivity index (χ1v) is 9.26. The number of carbonyl (C=O) groups excluding carboxylic acids is 2. The Kier molecular flexibility index (Phi) is 6.78. The van der Waals surface area contributed by atoms with Crippen LogP contribution in [0.4, 0.5) is 11.4 Å². The van der Waals surface area contributed by atoms with Gasteiger partial charge in [-0.1, -0.05) is 41.6 Å². The molecule has 30 heavy (non-hydrogen) atoms. The van der Waals surface area contributed by atoms with Crippen molar-refractivity contribution in [2.75, 3.05) is 5.01 Å². The molecule has 1 amide bonds. The summed E-state index contributed by atoms with van der Waals surface area (Å²) < 4.78 is 0. The van der Waals surface area contributed by atoms with Gasteiger partial charge in [-0.15, -0.1) is 5.11 Å². The van der Waals surface area contributed by atoms with E-state index in [1.54, 1.807) is 60.7 Å². The van der Waals surface area contributed by atoms with E-state index >= 15 is 0 Å². The molecule has 0 unspecified atom stereocenters. The molecular weight excluding hydrogens is 382 g/mol. The monoisotopic (exact) mass is 401 g/mol. The van der Waals surface area contributed by atoms with Crippen molar-refractivity contribution in [3.05, 3.63) is 96.1 Å². The lowest BCUT2D eigenvalue weighted by Crippen LogP contribution is -2.25. The Bertz CT molecular complexity index is 1050. The summed E-state index contributed by atoms with van der Waals surface area (Å²) in [7, 11) is 0. The Balaban J connectivity index is 1.88. The third-order valence-electron chi connectivity index (χ3n) is 4.22. The van der Waals surface area contributed by atoms with Crippen molar-refractivity contribution in [1.29, 1.82) is 0 Å². The van der Waals surface area contributed by atoms with Gasteiger partial charge in [0.05, 0.1) is 17.8 Å². The van der Waals surface area contributed by atoms with Gasteiger partial charge in [0, 0.05) is 17.5 Å². The maximum atomic E-state index is 13.0. The van der Waals surface area contributed by atoms with E-state index in [0.717, 1.165) is 5.01 Å². The lowest BCUT2D eigenvalue weighted by Gasteiger charge is -2.16. The molecule has 0 spiro atoms. The molecule has 0 radical (unpaired) electrons. The van der Waals surface area contributed by atoms with Crippen LogP contribution < -0.4 is 5.01 Å². The van der Waals surface area contributed by atoms with Crippen molar-refractivity contribution >= 4 is 29.0 Å². The number of carbonyl (C=O) groups is 3. The van der Waals surface area contributed by atoms with Crippen LogP contribution in [-0.2, 0) is 4.79 Å². The summed E-state index contributed by atoms with van der Waals surface area (Å²) in [6.07, 6.45) is -0.320. The zero-order valence-electron chi connectivity index (χ0n) is 16.0. The average molecular weight is 401 g/mol. The molecule has 0 saturated carbocycles. The first-order valence-electron chi connectivity index (χ1n) is 9.26. The predicted octanol–water partition coefficient (Wildman–Crippen LogP) is 5.08. The van der Waals surface area contributed by atoms with Gasteiger partial charge < -0.3 is 5.11 Å². The van der Waals surface area contributed by atoms with E-state index in [1.165, 1.54) is 0 Å². The molecular formula is C23H19N3O4. The van der Waals surface area contributed by atoms with Crippen LogP contribution >= 0.6 is 0 Å². The lowest BCUT2D eigenvalue weighted by atomic mass is 10.1. The van der Waals surface area contributed by atoms with Crippen LogP contribution in [0.2, 0.25) is 0 Å². The van der Waals surface area contributed by atoms with Gasteiger partial charge in [-0.05, 0) is 48.5 Å². The number of rotatable bonds is 8. The number of ketones is 1. The second-order valence-electron chi connectivity index (χ2n) is 6.37. The van der Waals surface area contributed by atoms with Crippen LogP contribution in [0.3, 0.4) is 0 Å². The number of amides is 1. The Morgan fingerprint density at radius 2 is 1.33 bits per heavy atom. The van der Waals surface area contributed by atoms with Gasteiger partial charge in [0.25, 0.3) is 5.91 Å². The van der Waals surface area contributed by atoms with Crippen LogP contribution in [0, 0.1) is 0 Å². The summed E-state index contributed by atoms with van der Waals surface area (Å²) in [5, 5.41) is 18.1. The summed E-state index contributed by atoms with van der Waals surface area (Å²) in [5.74, 6) is -1.68. The summed E-state index contributed by atoms with van der Waals surface area (Å²) in [4.78, 5) is 35.8. The highest BCUT2D eigenvalue weighted by Crippen LogP contribution is 2.22. The number of carboxylic acid groups (broad SMARTS) is 1. The van der Waals surface area contributed by atoms with Gasteiger partial charge in [-0.25, -0.2) is 0 Å². The van der Waals surface area contributed by atoms with Crippen molar-refractivity contribution in [1.82, 2.24) is 0 Å². The van der Waals surface area contributed by atoms with Crippen molar-refractivity contribution in [3.63, 3.8) is 0 Å². The number of anilines is 1. The Morgan fingerprint density at radius 3 is 1.93 bits per heavy atom. The molecule has 0 aliphatic rings. The summed E-state index contributed by atoms with van der Waals surface area (Å²) >= 11 is 0. The Labute approximate surface area is 173 Å². The zero-order valence-corrected chi connectivity index (χ0v) is 16.0. The van der Waals surface area contributed by atoms with E-state index in [0.29, 0.717) is 22.5 Å². The number of Topliss-reactive ketones (excluding diaryl/α,β-unsaturated/α-hetero) is 1. The van der Waals surface area contributed by atoms with Crippen molar-refractivity contribution in [2.24, 2.45) is 10.3 Å². The molecule has 0 heterocycles. The molecule has 0 aliphatic heterocycles. The van der Waals surface area contributed by atoms with E-state index in [2.05, 4.69) is 10.3 Å². The van der Waals surface area contributed by atoms with Crippen LogP contribution in [0.5, 0.6) is 0 Å². The van der Waals surface area contributed by atoms with Crippen LogP contribution in [0.15, 0.2) is 95.3 Å². The molecule has 0 saturated heterocycles.